The Kier molecular flexibility index (Phi) is 3.48. The summed E-state index contributed by atoms with van der Waals surface area (Å²) in [6, 6.07) is 23.6. The molecule has 0 aliphatic carbocycles. The maximum absolute atomic E-state index is 9.42. The first-order chi connectivity index (χ1) is 9.75. The number of thiol groups is 1. The number of aromatic hydroxyl groups is 1. The molecule has 20 heavy (non-hydrogen) atoms. The lowest BCUT2D eigenvalue weighted by Gasteiger charge is -2.12. The summed E-state index contributed by atoms with van der Waals surface area (Å²) in [5.74, 6) is 0.279. The van der Waals surface area contributed by atoms with Crippen LogP contribution < -0.4 is 0 Å². The van der Waals surface area contributed by atoms with Crippen LogP contribution in [0.3, 0.4) is 0 Å². The first-order valence-corrected chi connectivity index (χ1v) is 6.87. The van der Waals surface area contributed by atoms with E-state index >= 15 is 0 Å². The Labute approximate surface area is 123 Å². The number of phenolic OH excluding ortho intramolecular Hbond substituents is 1. The Bertz CT molecular complexity index is 732. The van der Waals surface area contributed by atoms with E-state index in [1.165, 1.54) is 0 Å². The minimum absolute atomic E-state index is 0.279. The van der Waals surface area contributed by atoms with Crippen molar-refractivity contribution in [1.29, 1.82) is 0 Å². The summed E-state index contributed by atoms with van der Waals surface area (Å²) in [6.07, 6.45) is 0. The Hall–Kier alpha value is -2.19. The maximum Gasteiger partial charge on any atom is 0.115 e. The smallest absolute Gasteiger partial charge is 0.115 e. The molecule has 0 saturated heterocycles. The molecule has 3 aromatic rings. The van der Waals surface area contributed by atoms with Crippen molar-refractivity contribution in [3.05, 3.63) is 72.8 Å². The molecule has 0 aromatic heterocycles. The van der Waals surface area contributed by atoms with Crippen LogP contribution in [0.5, 0.6) is 5.75 Å². The minimum Gasteiger partial charge on any atom is -0.508 e. The summed E-state index contributed by atoms with van der Waals surface area (Å²) in [5, 5.41) is 9.42. The molecule has 0 fully saturated rings. The van der Waals surface area contributed by atoms with Crippen molar-refractivity contribution in [3.8, 4) is 28.0 Å². The molecule has 0 heterocycles. The summed E-state index contributed by atoms with van der Waals surface area (Å²) in [5.41, 5.74) is 4.47. The van der Waals surface area contributed by atoms with E-state index in [9.17, 15) is 5.11 Å². The third kappa shape index (κ3) is 2.43. The van der Waals surface area contributed by atoms with Crippen molar-refractivity contribution >= 4 is 12.6 Å². The second-order valence-corrected chi connectivity index (χ2v) is 5.09. The van der Waals surface area contributed by atoms with E-state index in [0.717, 1.165) is 27.1 Å². The summed E-state index contributed by atoms with van der Waals surface area (Å²) in [6.45, 7) is 0. The van der Waals surface area contributed by atoms with Crippen molar-refractivity contribution in [3.63, 3.8) is 0 Å². The Morgan fingerprint density at radius 2 is 1.15 bits per heavy atom. The van der Waals surface area contributed by atoms with Crippen LogP contribution in [0.2, 0.25) is 0 Å². The van der Waals surface area contributed by atoms with Gasteiger partial charge >= 0.3 is 0 Å². The van der Waals surface area contributed by atoms with Gasteiger partial charge in [0.2, 0.25) is 0 Å². The van der Waals surface area contributed by atoms with Gasteiger partial charge in [0, 0.05) is 4.90 Å². The van der Waals surface area contributed by atoms with Gasteiger partial charge in [-0.2, -0.15) is 0 Å². The van der Waals surface area contributed by atoms with Gasteiger partial charge < -0.3 is 5.11 Å². The maximum atomic E-state index is 9.42. The normalized spacial score (nSPS) is 10.4. The molecular weight excluding hydrogens is 264 g/mol. The second-order valence-electron chi connectivity index (χ2n) is 4.61. The van der Waals surface area contributed by atoms with E-state index in [1.807, 2.05) is 42.5 Å². The zero-order valence-corrected chi connectivity index (χ0v) is 11.7. The van der Waals surface area contributed by atoms with Gasteiger partial charge in [-0.1, -0.05) is 54.6 Å². The molecule has 2 heteroatoms. The fraction of sp³-hybridized carbons (Fsp3) is 0. The molecule has 98 valence electrons. The summed E-state index contributed by atoms with van der Waals surface area (Å²) in [7, 11) is 0. The number of phenols is 1. The van der Waals surface area contributed by atoms with Crippen LogP contribution in [0.15, 0.2) is 77.7 Å². The van der Waals surface area contributed by atoms with Crippen LogP contribution in [-0.4, -0.2) is 5.11 Å². The molecule has 0 radical (unpaired) electrons. The number of hydrogen-bond donors (Lipinski definition) is 2. The monoisotopic (exact) mass is 278 g/mol. The average molecular weight is 278 g/mol. The molecule has 3 rings (SSSR count). The summed E-state index contributed by atoms with van der Waals surface area (Å²) >= 11 is 4.55. The SMILES string of the molecule is Oc1ccc(-c2ccccc2-c2ccccc2S)cc1. The largest absolute Gasteiger partial charge is 0.508 e. The van der Waals surface area contributed by atoms with Crippen LogP contribution in [0.1, 0.15) is 0 Å². The van der Waals surface area contributed by atoms with Crippen molar-refractivity contribution in [1.82, 2.24) is 0 Å². The molecule has 0 unspecified atom stereocenters. The van der Waals surface area contributed by atoms with Crippen LogP contribution in [0.25, 0.3) is 22.3 Å². The fourth-order valence-electron chi connectivity index (χ4n) is 2.31. The first kappa shape index (κ1) is 12.8. The predicted molar refractivity (Wildman–Crippen MR) is 86.2 cm³/mol. The number of benzene rings is 3. The molecule has 3 aromatic carbocycles. The molecule has 1 N–H and O–H groups in total. The zero-order chi connectivity index (χ0) is 13.9. The summed E-state index contributed by atoms with van der Waals surface area (Å²) in [4.78, 5) is 0.957. The van der Waals surface area contributed by atoms with Crippen LogP contribution >= 0.6 is 12.6 Å². The van der Waals surface area contributed by atoms with Crippen molar-refractivity contribution in [2.24, 2.45) is 0 Å². The lowest BCUT2D eigenvalue weighted by Crippen LogP contribution is -1.86. The Morgan fingerprint density at radius 3 is 1.80 bits per heavy atom. The van der Waals surface area contributed by atoms with Crippen LogP contribution in [0, 0.1) is 0 Å². The highest BCUT2D eigenvalue weighted by Crippen LogP contribution is 2.35. The molecule has 0 aliphatic rings. The van der Waals surface area contributed by atoms with Gasteiger partial charge in [0.1, 0.15) is 5.75 Å². The Balaban J connectivity index is 2.19. The second kappa shape index (κ2) is 5.43. The Morgan fingerprint density at radius 1 is 0.600 bits per heavy atom. The standard InChI is InChI=1S/C18H14OS/c19-14-11-9-13(10-12-14)15-5-1-2-6-16(15)17-7-3-4-8-18(17)20/h1-12,19-20H. The van der Waals surface area contributed by atoms with E-state index in [-0.39, 0.29) is 5.75 Å². The highest BCUT2D eigenvalue weighted by molar-refractivity contribution is 7.80. The van der Waals surface area contributed by atoms with Gasteiger partial charge in [-0.05, 0) is 40.5 Å². The number of rotatable bonds is 2. The third-order valence-corrected chi connectivity index (χ3v) is 3.69. The van der Waals surface area contributed by atoms with E-state index in [1.54, 1.807) is 12.1 Å². The van der Waals surface area contributed by atoms with Gasteiger partial charge in [0.05, 0.1) is 0 Å². The fourth-order valence-corrected chi connectivity index (χ4v) is 2.59. The highest BCUT2D eigenvalue weighted by atomic mass is 32.1. The zero-order valence-electron chi connectivity index (χ0n) is 10.8. The van der Waals surface area contributed by atoms with Gasteiger partial charge in [-0.3, -0.25) is 0 Å². The molecule has 0 bridgehead atoms. The van der Waals surface area contributed by atoms with Gasteiger partial charge in [-0.25, -0.2) is 0 Å². The molecule has 1 nitrogen and oxygen atoms in total. The molecule has 0 atom stereocenters. The molecule has 0 amide bonds. The quantitative estimate of drug-likeness (QED) is 0.631. The lowest BCUT2D eigenvalue weighted by molar-refractivity contribution is 0.475. The van der Waals surface area contributed by atoms with Crippen LogP contribution in [-0.2, 0) is 0 Å². The van der Waals surface area contributed by atoms with E-state index < -0.39 is 0 Å². The predicted octanol–water partition coefficient (Wildman–Crippen LogP) is 5.01. The minimum atomic E-state index is 0.279. The van der Waals surface area contributed by atoms with Gasteiger partial charge in [0.25, 0.3) is 0 Å². The first-order valence-electron chi connectivity index (χ1n) is 6.42. The van der Waals surface area contributed by atoms with Crippen molar-refractivity contribution in [2.45, 2.75) is 4.90 Å². The summed E-state index contributed by atoms with van der Waals surface area (Å²) < 4.78 is 0. The molecule has 0 aliphatic heterocycles. The number of hydrogen-bond acceptors (Lipinski definition) is 2. The van der Waals surface area contributed by atoms with Crippen molar-refractivity contribution in [2.75, 3.05) is 0 Å². The van der Waals surface area contributed by atoms with E-state index in [4.69, 9.17) is 0 Å². The van der Waals surface area contributed by atoms with Crippen LogP contribution in [0.4, 0.5) is 0 Å². The van der Waals surface area contributed by atoms with Gasteiger partial charge in [-0.15, -0.1) is 12.6 Å². The molecular formula is C18H14OS. The topological polar surface area (TPSA) is 20.2 Å². The third-order valence-electron chi connectivity index (χ3n) is 3.30. The van der Waals surface area contributed by atoms with E-state index in [2.05, 4.69) is 30.8 Å². The van der Waals surface area contributed by atoms with Crippen molar-refractivity contribution < 1.29 is 5.11 Å². The molecule has 0 saturated carbocycles. The van der Waals surface area contributed by atoms with E-state index in [0.29, 0.717) is 0 Å². The van der Waals surface area contributed by atoms with Gasteiger partial charge in [0.15, 0.2) is 0 Å². The lowest BCUT2D eigenvalue weighted by atomic mass is 9.94. The average Bonchev–Trinajstić information content (AvgIpc) is 2.49. The highest BCUT2D eigenvalue weighted by Gasteiger charge is 2.08. The molecule has 0 spiro atoms.